The number of fused-ring (bicyclic) bond motifs is 1. The van der Waals surface area contributed by atoms with Gasteiger partial charge in [0.1, 0.15) is 18.5 Å². The largest absolute Gasteiger partial charge is 0.491 e. The third kappa shape index (κ3) is 3.45. The average molecular weight is 373 g/mol. The first-order valence-corrected chi connectivity index (χ1v) is 8.55. The summed E-state index contributed by atoms with van der Waals surface area (Å²) in [6.07, 6.45) is -0.878. The van der Waals surface area contributed by atoms with Crippen molar-refractivity contribution in [2.75, 3.05) is 19.0 Å². The molecule has 0 aliphatic rings. The van der Waals surface area contributed by atoms with Crippen LogP contribution in [0.15, 0.2) is 33.9 Å². The van der Waals surface area contributed by atoms with Gasteiger partial charge in [0.25, 0.3) is 5.56 Å². The molecule has 2 N–H and O–H groups in total. The number of nitrogens with zero attached hydrogens (tertiary/aromatic N) is 4. The zero-order chi connectivity index (χ0) is 19.7. The molecule has 0 fully saturated rings. The van der Waals surface area contributed by atoms with Gasteiger partial charge in [-0.25, -0.2) is 4.79 Å². The van der Waals surface area contributed by atoms with Crippen molar-refractivity contribution in [3.63, 3.8) is 0 Å². The minimum Gasteiger partial charge on any atom is -0.491 e. The molecule has 0 radical (unpaired) electrons. The summed E-state index contributed by atoms with van der Waals surface area (Å²) in [7, 11) is 4.63. The van der Waals surface area contributed by atoms with Crippen molar-refractivity contribution in [2.45, 2.75) is 19.6 Å². The molecule has 9 heteroatoms. The summed E-state index contributed by atoms with van der Waals surface area (Å²) in [6, 6.07) is 7.53. The van der Waals surface area contributed by atoms with E-state index in [4.69, 9.17) is 4.74 Å². The number of benzene rings is 1. The fraction of sp³-hybridized carbons (Fsp3) is 0.389. The predicted molar refractivity (Wildman–Crippen MR) is 102 cm³/mol. The molecule has 1 atom stereocenters. The quantitative estimate of drug-likeness (QED) is 0.641. The van der Waals surface area contributed by atoms with E-state index < -0.39 is 17.4 Å². The van der Waals surface area contributed by atoms with Gasteiger partial charge >= 0.3 is 5.69 Å². The number of nitrogens with one attached hydrogen (secondary N) is 1. The molecule has 0 amide bonds. The van der Waals surface area contributed by atoms with Gasteiger partial charge < -0.3 is 19.7 Å². The summed E-state index contributed by atoms with van der Waals surface area (Å²) in [5, 5.41) is 13.3. The number of aliphatic hydroxyl groups is 1. The van der Waals surface area contributed by atoms with Gasteiger partial charge in [0, 0.05) is 21.1 Å². The van der Waals surface area contributed by atoms with Gasteiger partial charge in [-0.15, -0.1) is 0 Å². The Morgan fingerprint density at radius 3 is 2.67 bits per heavy atom. The number of aryl methyl sites for hydroxylation is 2. The van der Waals surface area contributed by atoms with Gasteiger partial charge in [0.2, 0.25) is 5.95 Å². The molecule has 0 aliphatic carbocycles. The highest BCUT2D eigenvalue weighted by atomic mass is 16.5. The predicted octanol–water partition coefficient (Wildman–Crippen LogP) is 0.224. The zero-order valence-corrected chi connectivity index (χ0v) is 15.8. The second-order valence-electron chi connectivity index (χ2n) is 6.46. The van der Waals surface area contributed by atoms with Crippen LogP contribution in [0.25, 0.3) is 11.2 Å². The Balaban J connectivity index is 1.92. The lowest BCUT2D eigenvalue weighted by Crippen LogP contribution is -2.38. The van der Waals surface area contributed by atoms with Crippen LogP contribution in [0.4, 0.5) is 5.95 Å². The van der Waals surface area contributed by atoms with Crippen LogP contribution in [0.3, 0.4) is 0 Å². The van der Waals surface area contributed by atoms with E-state index in [9.17, 15) is 14.7 Å². The normalized spacial score (nSPS) is 12.3. The van der Waals surface area contributed by atoms with Crippen LogP contribution in [-0.2, 0) is 20.6 Å². The molecule has 9 nitrogen and oxygen atoms in total. The number of aromatic nitrogens is 4. The number of hydrogen-bond acceptors (Lipinski definition) is 6. The molecule has 0 bridgehead atoms. The lowest BCUT2D eigenvalue weighted by atomic mass is 10.2. The van der Waals surface area contributed by atoms with Crippen molar-refractivity contribution < 1.29 is 9.84 Å². The summed E-state index contributed by atoms with van der Waals surface area (Å²) >= 11 is 0. The van der Waals surface area contributed by atoms with Gasteiger partial charge in [-0.1, -0.05) is 12.1 Å². The minimum absolute atomic E-state index is 0.0539. The maximum atomic E-state index is 12.6. The minimum atomic E-state index is -0.878. The molecule has 144 valence electrons. The molecular formula is C18H23N5O4. The first kappa shape index (κ1) is 18.7. The van der Waals surface area contributed by atoms with Crippen molar-refractivity contribution in [1.29, 1.82) is 0 Å². The number of imidazole rings is 1. The third-order valence-corrected chi connectivity index (χ3v) is 4.40. The Hall–Kier alpha value is -3.07. The summed E-state index contributed by atoms with van der Waals surface area (Å²) in [6.45, 7) is 2.10. The highest BCUT2D eigenvalue weighted by molar-refractivity contribution is 5.74. The molecule has 2 aromatic heterocycles. The lowest BCUT2D eigenvalue weighted by Gasteiger charge is -2.15. The second-order valence-corrected chi connectivity index (χ2v) is 6.46. The Kier molecular flexibility index (Phi) is 5.04. The van der Waals surface area contributed by atoms with Gasteiger partial charge in [-0.3, -0.25) is 13.9 Å². The van der Waals surface area contributed by atoms with Crippen LogP contribution >= 0.6 is 0 Å². The van der Waals surface area contributed by atoms with Gasteiger partial charge in [0.15, 0.2) is 11.2 Å². The van der Waals surface area contributed by atoms with Gasteiger partial charge in [-0.05, 0) is 24.6 Å². The molecule has 0 spiro atoms. The number of anilines is 1. The SMILES string of the molecule is CNc1nc2c(c(=O)n(C)c(=O)n2C)n1C[C@@H](O)COc1cccc(C)c1. The topological polar surface area (TPSA) is 103 Å². The number of ether oxygens (including phenoxy) is 1. The van der Waals surface area contributed by atoms with E-state index in [-0.39, 0.29) is 24.3 Å². The second kappa shape index (κ2) is 7.28. The smallest absolute Gasteiger partial charge is 0.332 e. The van der Waals surface area contributed by atoms with E-state index in [1.54, 1.807) is 18.7 Å². The van der Waals surface area contributed by atoms with Crippen LogP contribution in [-0.4, -0.2) is 43.6 Å². The maximum Gasteiger partial charge on any atom is 0.332 e. The molecule has 2 heterocycles. The summed E-state index contributed by atoms with van der Waals surface area (Å²) in [4.78, 5) is 29.0. The van der Waals surface area contributed by atoms with E-state index in [1.165, 1.54) is 11.6 Å². The molecule has 0 saturated heterocycles. The fourth-order valence-corrected chi connectivity index (χ4v) is 2.98. The first-order chi connectivity index (χ1) is 12.8. The monoisotopic (exact) mass is 373 g/mol. The maximum absolute atomic E-state index is 12.6. The lowest BCUT2D eigenvalue weighted by molar-refractivity contribution is 0.0938. The van der Waals surface area contributed by atoms with Crippen molar-refractivity contribution >= 4 is 17.1 Å². The number of aliphatic hydroxyl groups excluding tert-OH is 1. The van der Waals surface area contributed by atoms with E-state index in [0.29, 0.717) is 11.7 Å². The highest BCUT2D eigenvalue weighted by Crippen LogP contribution is 2.17. The molecule has 1 aromatic carbocycles. The van der Waals surface area contributed by atoms with Crippen molar-refractivity contribution in [3.8, 4) is 5.75 Å². The number of hydrogen-bond donors (Lipinski definition) is 2. The van der Waals surface area contributed by atoms with Crippen LogP contribution in [0.1, 0.15) is 5.56 Å². The molecule has 0 saturated carbocycles. The third-order valence-electron chi connectivity index (χ3n) is 4.40. The van der Waals surface area contributed by atoms with E-state index in [2.05, 4.69) is 10.3 Å². The van der Waals surface area contributed by atoms with Crippen LogP contribution in [0, 0.1) is 6.92 Å². The fourth-order valence-electron chi connectivity index (χ4n) is 2.98. The zero-order valence-electron chi connectivity index (χ0n) is 15.8. The van der Waals surface area contributed by atoms with Crippen molar-refractivity contribution in [1.82, 2.24) is 18.7 Å². The van der Waals surface area contributed by atoms with E-state index >= 15 is 0 Å². The molecule has 27 heavy (non-hydrogen) atoms. The van der Waals surface area contributed by atoms with Gasteiger partial charge in [-0.2, -0.15) is 4.98 Å². The highest BCUT2D eigenvalue weighted by Gasteiger charge is 2.20. The molecule has 3 rings (SSSR count). The van der Waals surface area contributed by atoms with Gasteiger partial charge in [0.05, 0.1) is 6.54 Å². The Bertz CT molecular complexity index is 1100. The van der Waals surface area contributed by atoms with Crippen LogP contribution in [0.2, 0.25) is 0 Å². The number of rotatable bonds is 6. The Labute approximate surface area is 155 Å². The van der Waals surface area contributed by atoms with Crippen LogP contribution < -0.4 is 21.3 Å². The van der Waals surface area contributed by atoms with Crippen molar-refractivity contribution in [3.05, 3.63) is 50.7 Å². The first-order valence-electron chi connectivity index (χ1n) is 8.55. The van der Waals surface area contributed by atoms with Crippen LogP contribution in [0.5, 0.6) is 5.75 Å². The molecule has 0 aliphatic heterocycles. The Morgan fingerprint density at radius 2 is 2.00 bits per heavy atom. The summed E-state index contributed by atoms with van der Waals surface area (Å²) < 4.78 is 9.54. The van der Waals surface area contributed by atoms with E-state index in [1.807, 2.05) is 31.2 Å². The Morgan fingerprint density at radius 1 is 1.26 bits per heavy atom. The molecular weight excluding hydrogens is 350 g/mol. The van der Waals surface area contributed by atoms with E-state index in [0.717, 1.165) is 10.1 Å². The molecule has 0 unspecified atom stereocenters. The average Bonchev–Trinajstić information content (AvgIpc) is 3.01. The summed E-state index contributed by atoms with van der Waals surface area (Å²) in [5.41, 5.74) is 0.652. The van der Waals surface area contributed by atoms with Crippen molar-refractivity contribution in [2.24, 2.45) is 14.1 Å². The summed E-state index contributed by atoms with van der Waals surface area (Å²) in [5.74, 6) is 1.05. The molecule has 3 aromatic rings. The standard InChI is InChI=1S/C18H23N5O4/c1-11-6-5-7-13(8-11)27-10-12(24)9-23-14-15(20-17(23)19-2)21(3)18(26)22(4)16(14)25/h5-8,12,24H,9-10H2,1-4H3,(H,19,20)/t12-/m1/s1.